The van der Waals surface area contributed by atoms with E-state index < -0.39 is 12.6 Å². The lowest BCUT2D eigenvalue weighted by Gasteiger charge is -2.24. The molecular formula is C11H21F3N2. The summed E-state index contributed by atoms with van der Waals surface area (Å²) in [7, 11) is 2.06. The molecule has 0 aromatic heterocycles. The Morgan fingerprint density at radius 1 is 1.19 bits per heavy atom. The molecule has 2 nitrogen and oxygen atoms in total. The van der Waals surface area contributed by atoms with Crippen LogP contribution in [0.5, 0.6) is 0 Å². The van der Waals surface area contributed by atoms with Gasteiger partial charge in [0.1, 0.15) is 0 Å². The highest BCUT2D eigenvalue weighted by atomic mass is 19.4. The maximum atomic E-state index is 11.8. The molecule has 5 heteroatoms. The second-order valence-electron chi connectivity index (χ2n) is 4.53. The van der Waals surface area contributed by atoms with Gasteiger partial charge >= 0.3 is 6.18 Å². The van der Waals surface area contributed by atoms with E-state index in [1.807, 2.05) is 0 Å². The SMILES string of the molecule is CN(CCNCCC(F)(F)F)C1CCCC1. The van der Waals surface area contributed by atoms with Crippen molar-refractivity contribution >= 4 is 0 Å². The lowest BCUT2D eigenvalue weighted by Crippen LogP contribution is -2.36. The molecule has 0 amide bonds. The van der Waals surface area contributed by atoms with Gasteiger partial charge in [-0.15, -0.1) is 0 Å². The van der Waals surface area contributed by atoms with Gasteiger partial charge in [-0.2, -0.15) is 13.2 Å². The van der Waals surface area contributed by atoms with Crippen LogP contribution < -0.4 is 5.32 Å². The summed E-state index contributed by atoms with van der Waals surface area (Å²) in [5, 5.41) is 2.83. The lowest BCUT2D eigenvalue weighted by molar-refractivity contribution is -0.133. The molecule has 0 bridgehead atoms. The largest absolute Gasteiger partial charge is 0.390 e. The molecular weight excluding hydrogens is 217 g/mol. The number of nitrogens with one attached hydrogen (secondary N) is 1. The molecule has 1 aliphatic carbocycles. The molecule has 96 valence electrons. The van der Waals surface area contributed by atoms with Crippen LogP contribution in [0.15, 0.2) is 0 Å². The molecule has 1 N–H and O–H groups in total. The van der Waals surface area contributed by atoms with E-state index in [1.54, 1.807) is 0 Å². The minimum atomic E-state index is -4.04. The van der Waals surface area contributed by atoms with Crippen molar-refractivity contribution in [2.45, 2.75) is 44.3 Å². The molecule has 1 fully saturated rings. The first-order chi connectivity index (χ1) is 7.49. The van der Waals surface area contributed by atoms with Gasteiger partial charge < -0.3 is 10.2 Å². The molecule has 0 saturated heterocycles. The van der Waals surface area contributed by atoms with Crippen LogP contribution in [-0.2, 0) is 0 Å². The highest BCUT2D eigenvalue weighted by molar-refractivity contribution is 4.75. The Morgan fingerprint density at radius 2 is 1.81 bits per heavy atom. The summed E-state index contributed by atoms with van der Waals surface area (Å²) in [6.45, 7) is 1.51. The van der Waals surface area contributed by atoms with E-state index in [-0.39, 0.29) is 6.54 Å². The fourth-order valence-electron chi connectivity index (χ4n) is 2.14. The van der Waals surface area contributed by atoms with E-state index in [0.717, 1.165) is 6.54 Å². The van der Waals surface area contributed by atoms with Crippen LogP contribution >= 0.6 is 0 Å². The first kappa shape index (κ1) is 13.8. The zero-order valence-electron chi connectivity index (χ0n) is 9.82. The van der Waals surface area contributed by atoms with Crippen LogP contribution in [0.1, 0.15) is 32.1 Å². The van der Waals surface area contributed by atoms with E-state index in [4.69, 9.17) is 0 Å². The first-order valence-corrected chi connectivity index (χ1v) is 5.97. The van der Waals surface area contributed by atoms with Gasteiger partial charge in [-0.05, 0) is 19.9 Å². The van der Waals surface area contributed by atoms with Crippen molar-refractivity contribution in [3.8, 4) is 0 Å². The number of rotatable bonds is 6. The summed E-state index contributed by atoms with van der Waals surface area (Å²) in [5.41, 5.74) is 0. The molecule has 0 aromatic rings. The molecule has 16 heavy (non-hydrogen) atoms. The van der Waals surface area contributed by atoms with E-state index in [0.29, 0.717) is 12.6 Å². The number of likely N-dealkylation sites (N-methyl/N-ethyl adjacent to an activating group) is 1. The molecule has 0 heterocycles. The minimum Gasteiger partial charge on any atom is -0.315 e. The summed E-state index contributed by atoms with van der Waals surface area (Å²) in [5.74, 6) is 0. The van der Waals surface area contributed by atoms with Crippen LogP contribution in [0, 0.1) is 0 Å². The summed E-state index contributed by atoms with van der Waals surface area (Å²) in [6.07, 6.45) is 0.273. The zero-order valence-corrected chi connectivity index (χ0v) is 9.82. The highest BCUT2D eigenvalue weighted by Crippen LogP contribution is 2.22. The summed E-state index contributed by atoms with van der Waals surface area (Å²) >= 11 is 0. The molecule has 1 saturated carbocycles. The second kappa shape index (κ2) is 6.45. The van der Waals surface area contributed by atoms with Gasteiger partial charge in [-0.1, -0.05) is 12.8 Å². The number of alkyl halides is 3. The Morgan fingerprint density at radius 3 is 2.38 bits per heavy atom. The van der Waals surface area contributed by atoms with Gasteiger partial charge in [0.15, 0.2) is 0 Å². The third kappa shape index (κ3) is 5.70. The normalized spacial score (nSPS) is 18.6. The van der Waals surface area contributed by atoms with E-state index >= 15 is 0 Å². The van der Waals surface area contributed by atoms with Crippen molar-refractivity contribution in [2.24, 2.45) is 0 Å². The summed E-state index contributed by atoms with van der Waals surface area (Å²) < 4.78 is 35.5. The van der Waals surface area contributed by atoms with E-state index in [9.17, 15) is 13.2 Å². The maximum Gasteiger partial charge on any atom is 0.390 e. The van der Waals surface area contributed by atoms with E-state index in [1.165, 1.54) is 25.7 Å². The molecule has 0 unspecified atom stereocenters. The van der Waals surface area contributed by atoms with Gasteiger partial charge in [0.25, 0.3) is 0 Å². The molecule has 0 aromatic carbocycles. The average Bonchev–Trinajstić information content (AvgIpc) is 2.67. The molecule has 1 aliphatic rings. The average molecular weight is 238 g/mol. The molecule has 0 spiro atoms. The Balaban J connectivity index is 1.98. The van der Waals surface area contributed by atoms with E-state index in [2.05, 4.69) is 17.3 Å². The van der Waals surface area contributed by atoms with Gasteiger partial charge in [0.2, 0.25) is 0 Å². The molecule has 0 atom stereocenters. The molecule has 0 radical (unpaired) electrons. The van der Waals surface area contributed by atoms with Crippen molar-refractivity contribution in [1.29, 1.82) is 0 Å². The van der Waals surface area contributed by atoms with Crippen LogP contribution in [-0.4, -0.2) is 43.8 Å². The van der Waals surface area contributed by atoms with Crippen LogP contribution in [0.25, 0.3) is 0 Å². The smallest absolute Gasteiger partial charge is 0.315 e. The number of nitrogens with zero attached hydrogens (tertiary/aromatic N) is 1. The van der Waals surface area contributed by atoms with Crippen molar-refractivity contribution in [3.63, 3.8) is 0 Å². The summed E-state index contributed by atoms with van der Waals surface area (Å²) in [4.78, 5) is 2.26. The standard InChI is InChI=1S/C11H21F3N2/c1-16(10-4-2-3-5-10)9-8-15-7-6-11(12,13)14/h10,15H,2-9H2,1H3. The topological polar surface area (TPSA) is 15.3 Å². The zero-order chi connectivity index (χ0) is 12.0. The number of hydrogen-bond acceptors (Lipinski definition) is 2. The molecule has 1 rings (SSSR count). The number of hydrogen-bond donors (Lipinski definition) is 1. The van der Waals surface area contributed by atoms with Crippen molar-refractivity contribution in [3.05, 3.63) is 0 Å². The highest BCUT2D eigenvalue weighted by Gasteiger charge is 2.26. The van der Waals surface area contributed by atoms with Crippen LogP contribution in [0.4, 0.5) is 13.2 Å². The summed E-state index contributed by atoms with van der Waals surface area (Å²) in [6, 6.07) is 0.643. The van der Waals surface area contributed by atoms with Gasteiger partial charge in [-0.3, -0.25) is 0 Å². The Labute approximate surface area is 95.2 Å². The van der Waals surface area contributed by atoms with Crippen molar-refractivity contribution in [2.75, 3.05) is 26.7 Å². The van der Waals surface area contributed by atoms with Crippen molar-refractivity contribution in [1.82, 2.24) is 10.2 Å². The lowest BCUT2D eigenvalue weighted by atomic mass is 10.2. The number of halogens is 3. The first-order valence-electron chi connectivity index (χ1n) is 5.97. The minimum absolute atomic E-state index is 0.0298. The van der Waals surface area contributed by atoms with Gasteiger partial charge in [-0.25, -0.2) is 0 Å². The monoisotopic (exact) mass is 238 g/mol. The van der Waals surface area contributed by atoms with Crippen LogP contribution in [0.2, 0.25) is 0 Å². The maximum absolute atomic E-state index is 11.8. The Bertz CT molecular complexity index is 188. The third-order valence-corrected chi connectivity index (χ3v) is 3.17. The van der Waals surface area contributed by atoms with Gasteiger partial charge in [0, 0.05) is 25.7 Å². The predicted octanol–water partition coefficient (Wildman–Crippen LogP) is 2.40. The van der Waals surface area contributed by atoms with Crippen LogP contribution in [0.3, 0.4) is 0 Å². The Hall–Kier alpha value is -0.290. The Kier molecular flexibility index (Phi) is 5.55. The molecule has 0 aliphatic heterocycles. The third-order valence-electron chi connectivity index (χ3n) is 3.17. The van der Waals surface area contributed by atoms with Crippen molar-refractivity contribution < 1.29 is 13.2 Å². The fraction of sp³-hybridized carbons (Fsp3) is 1.00. The van der Waals surface area contributed by atoms with Gasteiger partial charge in [0.05, 0.1) is 6.42 Å². The predicted molar refractivity (Wildman–Crippen MR) is 58.4 cm³/mol. The second-order valence-corrected chi connectivity index (χ2v) is 4.53. The fourth-order valence-corrected chi connectivity index (χ4v) is 2.14. The quantitative estimate of drug-likeness (QED) is 0.715.